The van der Waals surface area contributed by atoms with Crippen molar-refractivity contribution < 1.29 is 33.6 Å². The molecule has 8 nitrogen and oxygen atoms in total. The Morgan fingerprint density at radius 2 is 1.63 bits per heavy atom. The molecule has 1 saturated carbocycles. The molecule has 1 aliphatic carbocycles. The third kappa shape index (κ3) is 8.47. The molecule has 190 valence electrons. The molecule has 3 rings (SSSR count). The number of nitrogens with zero attached hydrogens (tertiary/aromatic N) is 1. The zero-order chi connectivity index (χ0) is 25.0. The maximum absolute atomic E-state index is 12.9. The van der Waals surface area contributed by atoms with Crippen LogP contribution in [-0.2, 0) is 16.0 Å². The zero-order valence-corrected chi connectivity index (χ0v) is 20.5. The fraction of sp³-hybridized carbons (Fsp3) is 0.481. The van der Waals surface area contributed by atoms with Crippen LogP contribution >= 0.6 is 0 Å². The minimum atomic E-state index is -0.976. The fourth-order valence-corrected chi connectivity index (χ4v) is 4.20. The van der Waals surface area contributed by atoms with Crippen molar-refractivity contribution in [3.8, 4) is 17.2 Å². The number of benzene rings is 2. The van der Waals surface area contributed by atoms with Gasteiger partial charge in [0.15, 0.2) is 6.10 Å². The highest BCUT2D eigenvalue weighted by molar-refractivity contribution is 5.72. The molecule has 0 radical (unpaired) electrons. The van der Waals surface area contributed by atoms with E-state index in [1.165, 1.54) is 12.8 Å². The highest BCUT2D eigenvalue weighted by Gasteiger charge is 2.23. The molecule has 1 atom stereocenters. The van der Waals surface area contributed by atoms with Crippen molar-refractivity contribution in [3.05, 3.63) is 54.1 Å². The van der Waals surface area contributed by atoms with Crippen LogP contribution in [0.3, 0.4) is 0 Å². The van der Waals surface area contributed by atoms with Gasteiger partial charge in [0.25, 0.3) is 0 Å². The number of aliphatic carboxylic acids is 1. The second-order valence-electron chi connectivity index (χ2n) is 8.62. The van der Waals surface area contributed by atoms with E-state index in [1.54, 1.807) is 55.3 Å². The minimum Gasteiger partial charge on any atom is -0.497 e. The van der Waals surface area contributed by atoms with Crippen molar-refractivity contribution >= 4 is 12.1 Å². The molecule has 0 aromatic heterocycles. The van der Waals surface area contributed by atoms with E-state index in [0.29, 0.717) is 49.5 Å². The molecule has 2 aromatic carbocycles. The number of methoxy groups -OCH3 is 1. The Bertz CT molecular complexity index is 924. The van der Waals surface area contributed by atoms with Gasteiger partial charge in [-0.3, -0.25) is 0 Å². The number of rotatable bonds is 13. The maximum Gasteiger partial charge on any atom is 0.415 e. The molecule has 35 heavy (non-hydrogen) atoms. The lowest BCUT2D eigenvalue weighted by molar-refractivity contribution is -0.149. The van der Waals surface area contributed by atoms with E-state index in [1.807, 2.05) is 12.1 Å². The quantitative estimate of drug-likeness (QED) is 0.436. The first-order chi connectivity index (χ1) is 17.0. The molecule has 0 heterocycles. The molecule has 0 spiro atoms. The molecule has 1 N–H and O–H groups in total. The van der Waals surface area contributed by atoms with Gasteiger partial charge in [-0.15, -0.1) is 0 Å². The zero-order valence-electron chi connectivity index (χ0n) is 20.5. The lowest BCUT2D eigenvalue weighted by Gasteiger charge is -2.25. The standard InChI is InChI=1S/C27H35NO7/c1-3-33-25(26(29)30)18-20-8-10-23(11-9-20)34-17-16-28(19-21-6-4-5-7-21)27(31)35-24-14-12-22(32-2)13-15-24/h8-15,21,25H,3-7,16-19H2,1-2H3,(H,29,30). The predicted octanol–water partition coefficient (Wildman–Crippen LogP) is 4.80. The van der Waals surface area contributed by atoms with E-state index in [-0.39, 0.29) is 6.42 Å². The number of hydrogen-bond acceptors (Lipinski definition) is 6. The average Bonchev–Trinajstić information content (AvgIpc) is 3.38. The van der Waals surface area contributed by atoms with Gasteiger partial charge in [0.2, 0.25) is 0 Å². The summed E-state index contributed by atoms with van der Waals surface area (Å²) in [6.45, 7) is 3.48. The van der Waals surface area contributed by atoms with Crippen LogP contribution in [0.2, 0.25) is 0 Å². The summed E-state index contributed by atoms with van der Waals surface area (Å²) >= 11 is 0. The highest BCUT2D eigenvalue weighted by atomic mass is 16.6. The van der Waals surface area contributed by atoms with Crippen molar-refractivity contribution in [1.82, 2.24) is 4.90 Å². The molecular formula is C27H35NO7. The Morgan fingerprint density at radius 1 is 1.00 bits per heavy atom. The molecule has 1 fully saturated rings. The van der Waals surface area contributed by atoms with Crippen LogP contribution in [0.4, 0.5) is 4.79 Å². The van der Waals surface area contributed by atoms with Gasteiger partial charge in [-0.2, -0.15) is 0 Å². The van der Waals surface area contributed by atoms with E-state index >= 15 is 0 Å². The maximum atomic E-state index is 12.9. The summed E-state index contributed by atoms with van der Waals surface area (Å²) in [4.78, 5) is 25.9. The number of carbonyl (C=O) groups is 2. The van der Waals surface area contributed by atoms with Crippen LogP contribution in [0, 0.1) is 5.92 Å². The second-order valence-corrected chi connectivity index (χ2v) is 8.62. The SMILES string of the molecule is CCOC(Cc1ccc(OCCN(CC2CCCC2)C(=O)Oc2ccc(OC)cc2)cc1)C(=O)O. The first-order valence-electron chi connectivity index (χ1n) is 12.2. The van der Waals surface area contributed by atoms with Crippen LogP contribution in [0.25, 0.3) is 0 Å². The first-order valence-corrected chi connectivity index (χ1v) is 12.2. The van der Waals surface area contributed by atoms with Gasteiger partial charge in [-0.05, 0) is 67.6 Å². The van der Waals surface area contributed by atoms with Crippen molar-refractivity contribution in [2.75, 3.05) is 33.4 Å². The Labute approximate surface area is 206 Å². The molecule has 1 unspecified atom stereocenters. The summed E-state index contributed by atoms with van der Waals surface area (Å²) in [6, 6.07) is 14.2. The van der Waals surface area contributed by atoms with E-state index in [4.69, 9.17) is 18.9 Å². The molecule has 0 saturated heterocycles. The van der Waals surface area contributed by atoms with Crippen LogP contribution in [0.1, 0.15) is 38.2 Å². The van der Waals surface area contributed by atoms with Crippen molar-refractivity contribution in [2.45, 2.75) is 45.1 Å². The first kappa shape index (κ1) is 26.3. The van der Waals surface area contributed by atoms with Crippen LogP contribution in [0.15, 0.2) is 48.5 Å². The van der Waals surface area contributed by atoms with Gasteiger partial charge in [-0.25, -0.2) is 9.59 Å². The van der Waals surface area contributed by atoms with Crippen LogP contribution in [0.5, 0.6) is 17.2 Å². The largest absolute Gasteiger partial charge is 0.497 e. The number of carboxylic acid groups (broad SMARTS) is 1. The van der Waals surface area contributed by atoms with Crippen molar-refractivity contribution in [3.63, 3.8) is 0 Å². The molecule has 1 aliphatic rings. The monoisotopic (exact) mass is 485 g/mol. The summed E-state index contributed by atoms with van der Waals surface area (Å²) < 4.78 is 21.9. The fourth-order valence-electron chi connectivity index (χ4n) is 4.20. The lowest BCUT2D eigenvalue weighted by Crippen LogP contribution is -2.39. The Morgan fingerprint density at radius 3 is 2.23 bits per heavy atom. The smallest absolute Gasteiger partial charge is 0.415 e. The molecule has 1 amide bonds. The minimum absolute atomic E-state index is 0.288. The molecule has 0 aliphatic heterocycles. The van der Waals surface area contributed by atoms with Gasteiger partial charge in [0, 0.05) is 19.6 Å². The Balaban J connectivity index is 1.54. The summed E-state index contributed by atoms with van der Waals surface area (Å²) in [5, 5.41) is 9.25. The average molecular weight is 486 g/mol. The summed E-state index contributed by atoms with van der Waals surface area (Å²) in [5.74, 6) is 1.32. The molecular weight excluding hydrogens is 450 g/mol. The van der Waals surface area contributed by atoms with Gasteiger partial charge >= 0.3 is 12.1 Å². The number of carbonyl (C=O) groups excluding carboxylic acids is 1. The Kier molecular flexibility index (Phi) is 10.2. The lowest BCUT2D eigenvalue weighted by atomic mass is 10.1. The summed E-state index contributed by atoms with van der Waals surface area (Å²) in [5.41, 5.74) is 0.851. The van der Waals surface area contributed by atoms with E-state index in [0.717, 1.165) is 18.4 Å². The van der Waals surface area contributed by atoms with Crippen molar-refractivity contribution in [1.29, 1.82) is 0 Å². The summed E-state index contributed by atoms with van der Waals surface area (Å²) in [7, 11) is 1.59. The third-order valence-electron chi connectivity index (χ3n) is 6.09. The number of carboxylic acids is 1. The topological polar surface area (TPSA) is 94.5 Å². The number of ether oxygens (including phenoxy) is 4. The predicted molar refractivity (Wildman–Crippen MR) is 131 cm³/mol. The second kappa shape index (κ2) is 13.6. The van der Waals surface area contributed by atoms with Crippen LogP contribution < -0.4 is 14.2 Å². The molecule has 8 heteroatoms. The van der Waals surface area contributed by atoms with Crippen molar-refractivity contribution in [2.24, 2.45) is 5.92 Å². The highest BCUT2D eigenvalue weighted by Crippen LogP contribution is 2.26. The molecule has 2 aromatic rings. The molecule has 0 bridgehead atoms. The number of amides is 1. The normalized spacial score (nSPS) is 14.3. The van der Waals surface area contributed by atoms with Crippen LogP contribution in [-0.4, -0.2) is 61.6 Å². The van der Waals surface area contributed by atoms with E-state index in [2.05, 4.69) is 0 Å². The van der Waals surface area contributed by atoms with E-state index < -0.39 is 18.2 Å². The van der Waals surface area contributed by atoms with Gasteiger partial charge in [0.05, 0.1) is 13.7 Å². The van der Waals surface area contributed by atoms with E-state index in [9.17, 15) is 14.7 Å². The van der Waals surface area contributed by atoms with Gasteiger partial charge in [0.1, 0.15) is 23.9 Å². The Hall–Kier alpha value is -3.26. The van der Waals surface area contributed by atoms with Gasteiger partial charge in [-0.1, -0.05) is 25.0 Å². The third-order valence-corrected chi connectivity index (χ3v) is 6.09. The summed E-state index contributed by atoms with van der Waals surface area (Å²) in [6.07, 6.45) is 3.66. The van der Waals surface area contributed by atoms with Gasteiger partial charge < -0.3 is 29.0 Å². The number of hydrogen-bond donors (Lipinski definition) is 1.